The highest BCUT2D eigenvalue weighted by molar-refractivity contribution is 5.86. The molecule has 0 heterocycles. The van der Waals surface area contributed by atoms with Crippen LogP contribution in [0.15, 0.2) is 0 Å². The molecule has 0 fully saturated rings. The van der Waals surface area contributed by atoms with Gasteiger partial charge in [-0.1, -0.05) is 0 Å². The average Bonchev–Trinajstić information content (AvgIpc) is 2.40. The molecule has 0 aromatic carbocycles. The van der Waals surface area contributed by atoms with Crippen LogP contribution in [0.25, 0.3) is 0 Å². The maximum atomic E-state index is 10.9. The van der Waals surface area contributed by atoms with Crippen LogP contribution in [0.3, 0.4) is 0 Å². The van der Waals surface area contributed by atoms with E-state index in [9.17, 15) is 15.0 Å². The number of carboxylic acid groups (broad SMARTS) is 1. The molecule has 0 aliphatic carbocycles. The summed E-state index contributed by atoms with van der Waals surface area (Å²) in [6.45, 7) is 1.77. The topological polar surface area (TPSA) is 145 Å². The van der Waals surface area contributed by atoms with Gasteiger partial charge in [0.15, 0.2) is 0 Å². The molecular formula is C11H29Cl3N4O4. The fourth-order valence-corrected chi connectivity index (χ4v) is 1.50. The second-order valence-electron chi connectivity index (χ2n) is 4.42. The smallest absolute Gasteiger partial charge is 0.407 e. The highest BCUT2D eigenvalue weighted by atomic mass is 35.5. The highest BCUT2D eigenvalue weighted by Crippen LogP contribution is 1.98. The average molecular weight is 388 g/mol. The molecular weight excluding hydrogens is 359 g/mol. The lowest BCUT2D eigenvalue weighted by Gasteiger charge is -2.21. The maximum Gasteiger partial charge on any atom is 0.407 e. The molecule has 0 saturated heterocycles. The van der Waals surface area contributed by atoms with Crippen LogP contribution in [-0.2, 0) is 0 Å². The van der Waals surface area contributed by atoms with Gasteiger partial charge in [-0.05, 0) is 19.4 Å². The van der Waals surface area contributed by atoms with Crippen LogP contribution in [0.2, 0.25) is 0 Å². The molecule has 0 aliphatic rings. The normalized spacial score (nSPS) is 12.2. The first-order valence-electron chi connectivity index (χ1n) is 6.46. The van der Waals surface area contributed by atoms with Crippen molar-refractivity contribution < 1.29 is 20.1 Å². The summed E-state index contributed by atoms with van der Waals surface area (Å²) in [5, 5.41) is 30.5. The zero-order chi connectivity index (χ0) is 14.7. The first-order chi connectivity index (χ1) is 9.01. The molecule has 0 aliphatic heterocycles. The molecule has 2 atom stereocenters. The summed E-state index contributed by atoms with van der Waals surface area (Å²) in [6.07, 6.45) is -0.974. The van der Waals surface area contributed by atoms with Gasteiger partial charge in [0.2, 0.25) is 0 Å². The third-order valence-electron chi connectivity index (χ3n) is 2.66. The van der Waals surface area contributed by atoms with E-state index in [1.807, 2.05) is 0 Å². The fraction of sp³-hybridized carbons (Fsp3) is 0.909. The van der Waals surface area contributed by atoms with Gasteiger partial charge in [-0.3, -0.25) is 0 Å². The summed E-state index contributed by atoms with van der Waals surface area (Å²) in [5.74, 6) is 0. The first kappa shape index (κ1) is 29.9. The molecule has 0 aromatic rings. The van der Waals surface area contributed by atoms with Gasteiger partial charge in [0.05, 0.1) is 18.8 Å². The van der Waals surface area contributed by atoms with Crippen LogP contribution < -0.4 is 16.8 Å². The number of rotatable bonds is 11. The molecule has 0 rings (SSSR count). The number of nitrogens with two attached hydrogens (primary N) is 2. The van der Waals surface area contributed by atoms with E-state index in [0.717, 1.165) is 11.3 Å². The van der Waals surface area contributed by atoms with Crippen LogP contribution in [-0.4, -0.2) is 77.8 Å². The Kier molecular flexibility index (Phi) is 25.8. The van der Waals surface area contributed by atoms with Gasteiger partial charge in [0, 0.05) is 26.2 Å². The van der Waals surface area contributed by atoms with E-state index in [0.29, 0.717) is 26.1 Å². The van der Waals surface area contributed by atoms with Crippen molar-refractivity contribution in [2.24, 2.45) is 11.5 Å². The second kappa shape index (κ2) is 19.0. The number of unbranched alkanes of at least 4 members (excludes halogenated alkanes) is 1. The molecule has 22 heavy (non-hydrogen) atoms. The summed E-state index contributed by atoms with van der Waals surface area (Å²) in [5.41, 5.74) is 10.5. The number of hydrogen-bond acceptors (Lipinski definition) is 6. The Morgan fingerprint density at radius 1 is 1.05 bits per heavy atom. The van der Waals surface area contributed by atoms with Crippen molar-refractivity contribution in [3.8, 4) is 0 Å². The van der Waals surface area contributed by atoms with E-state index >= 15 is 0 Å². The van der Waals surface area contributed by atoms with E-state index < -0.39 is 18.3 Å². The second-order valence-corrected chi connectivity index (χ2v) is 4.42. The molecule has 8 nitrogen and oxygen atoms in total. The monoisotopic (exact) mass is 386 g/mol. The highest BCUT2D eigenvalue weighted by Gasteiger charge is 2.14. The van der Waals surface area contributed by atoms with Crippen LogP contribution in [0.4, 0.5) is 4.79 Å². The first-order valence-corrected chi connectivity index (χ1v) is 6.46. The van der Waals surface area contributed by atoms with Gasteiger partial charge in [0.25, 0.3) is 0 Å². The lowest BCUT2D eigenvalue weighted by atomic mass is 10.2. The Bertz CT molecular complexity index is 255. The number of carbonyl (C=O) groups is 1. The molecule has 11 heteroatoms. The summed E-state index contributed by atoms with van der Waals surface area (Å²) in [6, 6.07) is 0. The summed E-state index contributed by atoms with van der Waals surface area (Å²) in [7, 11) is 0. The Hall–Kier alpha value is -0.0600. The van der Waals surface area contributed by atoms with Crippen molar-refractivity contribution in [2.75, 3.05) is 39.3 Å². The number of nitrogens with one attached hydrogen (secondary N) is 1. The van der Waals surface area contributed by atoms with E-state index in [-0.39, 0.29) is 56.9 Å². The number of hydrogen-bond donors (Lipinski definition) is 6. The summed E-state index contributed by atoms with van der Waals surface area (Å²) >= 11 is 0. The summed E-state index contributed by atoms with van der Waals surface area (Å²) < 4.78 is 0. The lowest BCUT2D eigenvalue weighted by molar-refractivity contribution is 0.0994. The van der Waals surface area contributed by atoms with Crippen molar-refractivity contribution in [1.82, 2.24) is 10.2 Å². The number of aliphatic hydroxyl groups excluding tert-OH is 2. The van der Waals surface area contributed by atoms with Gasteiger partial charge < -0.3 is 37.0 Å². The van der Waals surface area contributed by atoms with Gasteiger partial charge in [-0.15, -0.1) is 37.2 Å². The number of amides is 1. The molecule has 0 bridgehead atoms. The van der Waals surface area contributed by atoms with E-state index in [4.69, 9.17) is 16.6 Å². The fourth-order valence-electron chi connectivity index (χ4n) is 1.50. The molecule has 0 saturated carbocycles. The number of nitrogens with zero attached hydrogens (tertiary/aromatic N) is 1. The van der Waals surface area contributed by atoms with Crippen molar-refractivity contribution in [3.05, 3.63) is 0 Å². The minimum absolute atomic E-state index is 0. The Morgan fingerprint density at radius 3 is 2.05 bits per heavy atom. The largest absolute Gasteiger partial charge is 0.465 e. The van der Waals surface area contributed by atoms with E-state index in [1.54, 1.807) is 0 Å². The van der Waals surface area contributed by atoms with Crippen molar-refractivity contribution in [2.45, 2.75) is 25.0 Å². The zero-order valence-electron chi connectivity index (χ0n) is 12.4. The third-order valence-corrected chi connectivity index (χ3v) is 2.66. The number of aliphatic hydroxyl groups is 2. The van der Waals surface area contributed by atoms with Crippen LogP contribution in [0.1, 0.15) is 12.8 Å². The molecule has 1 amide bonds. The molecule has 0 radical (unpaired) electrons. The lowest BCUT2D eigenvalue weighted by Crippen LogP contribution is -2.40. The minimum Gasteiger partial charge on any atom is -0.465 e. The maximum absolute atomic E-state index is 10.9. The molecule has 0 spiro atoms. The van der Waals surface area contributed by atoms with Crippen molar-refractivity contribution >= 4 is 43.3 Å². The Morgan fingerprint density at radius 2 is 1.59 bits per heavy atom. The molecule has 0 aromatic heterocycles. The minimum atomic E-state index is -1.06. The molecule has 2 unspecified atom stereocenters. The number of halogens is 3. The Labute approximate surface area is 149 Å². The SMILES string of the molecule is Cl.Cl.Cl.NCC(O)CNCCCCN(CC(O)CN)C(=O)O. The van der Waals surface area contributed by atoms with E-state index in [2.05, 4.69) is 5.32 Å². The predicted octanol–water partition coefficient (Wildman–Crippen LogP) is -0.759. The predicted molar refractivity (Wildman–Crippen MR) is 93.6 cm³/mol. The van der Waals surface area contributed by atoms with E-state index in [1.165, 1.54) is 0 Å². The van der Waals surface area contributed by atoms with Crippen LogP contribution in [0.5, 0.6) is 0 Å². The standard InChI is InChI=1S/C11H26N4O4.3ClH/c12-5-9(16)7-14-3-1-2-4-15(11(18)19)8-10(17)6-13;;;/h9-10,14,16-17H,1-8,12-13H2,(H,18,19);3*1H. The Balaban J connectivity index is -0.000000540. The van der Waals surface area contributed by atoms with Gasteiger partial charge in [-0.25, -0.2) is 4.79 Å². The quantitative estimate of drug-likeness (QED) is 0.256. The third kappa shape index (κ3) is 16.3. The molecule has 8 N–H and O–H groups in total. The van der Waals surface area contributed by atoms with Crippen LogP contribution >= 0.6 is 37.2 Å². The van der Waals surface area contributed by atoms with Gasteiger partial charge in [0.1, 0.15) is 0 Å². The molecule has 138 valence electrons. The van der Waals surface area contributed by atoms with Gasteiger partial charge in [-0.2, -0.15) is 0 Å². The van der Waals surface area contributed by atoms with Crippen molar-refractivity contribution in [1.29, 1.82) is 0 Å². The van der Waals surface area contributed by atoms with Crippen molar-refractivity contribution in [3.63, 3.8) is 0 Å². The van der Waals surface area contributed by atoms with Crippen LogP contribution in [0, 0.1) is 0 Å². The summed E-state index contributed by atoms with van der Waals surface area (Å²) in [4.78, 5) is 12.1. The van der Waals surface area contributed by atoms with Gasteiger partial charge >= 0.3 is 6.09 Å². The zero-order valence-corrected chi connectivity index (χ0v) is 14.8.